The largest absolute Gasteiger partial charge is 0.261 e. The van der Waals surface area contributed by atoms with E-state index in [2.05, 4.69) is 36.8 Å². The van der Waals surface area contributed by atoms with Gasteiger partial charge in [-0.05, 0) is 25.8 Å². The topological polar surface area (TPSA) is 25.8 Å². The summed E-state index contributed by atoms with van der Waals surface area (Å²) < 4.78 is 0. The van der Waals surface area contributed by atoms with Crippen LogP contribution in [-0.2, 0) is 0 Å². The molecule has 0 spiro atoms. The summed E-state index contributed by atoms with van der Waals surface area (Å²) in [6.45, 7) is 8.42. The molecule has 0 radical (unpaired) electrons. The van der Waals surface area contributed by atoms with Crippen molar-refractivity contribution >= 4 is 6.08 Å². The Labute approximate surface area is 79.7 Å². The lowest BCUT2D eigenvalue weighted by Gasteiger charge is -2.04. The molecule has 0 unspecified atom stereocenters. The SMILES string of the molecule is C/C(=C\c1cncc(C)n1)C(C)C. The molecule has 0 aliphatic rings. The van der Waals surface area contributed by atoms with Crippen molar-refractivity contribution in [3.63, 3.8) is 0 Å². The van der Waals surface area contributed by atoms with Crippen molar-refractivity contribution in [3.8, 4) is 0 Å². The van der Waals surface area contributed by atoms with Crippen LogP contribution in [0.4, 0.5) is 0 Å². The molecule has 0 saturated carbocycles. The zero-order chi connectivity index (χ0) is 9.84. The van der Waals surface area contributed by atoms with E-state index in [1.807, 2.05) is 6.92 Å². The molecule has 0 fully saturated rings. The van der Waals surface area contributed by atoms with E-state index in [4.69, 9.17) is 0 Å². The van der Waals surface area contributed by atoms with Gasteiger partial charge in [-0.1, -0.05) is 19.4 Å². The first-order valence-electron chi connectivity index (χ1n) is 4.56. The number of hydrogen-bond donors (Lipinski definition) is 0. The van der Waals surface area contributed by atoms with E-state index in [1.54, 1.807) is 12.4 Å². The zero-order valence-electron chi connectivity index (χ0n) is 8.70. The van der Waals surface area contributed by atoms with Crippen LogP contribution in [0, 0.1) is 12.8 Å². The summed E-state index contributed by atoms with van der Waals surface area (Å²) in [5, 5.41) is 0. The van der Waals surface area contributed by atoms with Crippen molar-refractivity contribution in [2.45, 2.75) is 27.7 Å². The number of aryl methyl sites for hydroxylation is 1. The van der Waals surface area contributed by atoms with Crippen molar-refractivity contribution in [2.24, 2.45) is 5.92 Å². The lowest BCUT2D eigenvalue weighted by molar-refractivity contribution is 0.775. The van der Waals surface area contributed by atoms with Gasteiger partial charge in [0, 0.05) is 6.20 Å². The van der Waals surface area contributed by atoms with E-state index in [-0.39, 0.29) is 0 Å². The number of allylic oxidation sites excluding steroid dienone is 1. The van der Waals surface area contributed by atoms with Gasteiger partial charge in [-0.3, -0.25) is 9.97 Å². The molecule has 0 aliphatic heterocycles. The highest BCUT2D eigenvalue weighted by Crippen LogP contribution is 2.11. The Balaban J connectivity index is 2.91. The van der Waals surface area contributed by atoms with E-state index in [0.29, 0.717) is 5.92 Å². The molecular weight excluding hydrogens is 160 g/mol. The fraction of sp³-hybridized carbons (Fsp3) is 0.455. The molecule has 0 atom stereocenters. The molecule has 2 heteroatoms. The van der Waals surface area contributed by atoms with Gasteiger partial charge < -0.3 is 0 Å². The Morgan fingerprint density at radius 2 is 2.08 bits per heavy atom. The van der Waals surface area contributed by atoms with Gasteiger partial charge in [0.2, 0.25) is 0 Å². The van der Waals surface area contributed by atoms with Gasteiger partial charge in [0.1, 0.15) is 0 Å². The monoisotopic (exact) mass is 176 g/mol. The third-order valence-electron chi connectivity index (χ3n) is 2.06. The van der Waals surface area contributed by atoms with Crippen LogP contribution in [0.5, 0.6) is 0 Å². The number of nitrogens with zero attached hydrogens (tertiary/aromatic N) is 2. The minimum atomic E-state index is 0.572. The first-order chi connectivity index (χ1) is 6.09. The van der Waals surface area contributed by atoms with Gasteiger partial charge in [-0.15, -0.1) is 0 Å². The summed E-state index contributed by atoms with van der Waals surface area (Å²) in [7, 11) is 0. The number of aromatic nitrogens is 2. The molecule has 70 valence electrons. The molecule has 0 saturated heterocycles. The third-order valence-corrected chi connectivity index (χ3v) is 2.06. The smallest absolute Gasteiger partial charge is 0.0815 e. The van der Waals surface area contributed by atoms with Crippen LogP contribution in [0.1, 0.15) is 32.2 Å². The zero-order valence-corrected chi connectivity index (χ0v) is 8.70. The van der Waals surface area contributed by atoms with E-state index < -0.39 is 0 Å². The minimum Gasteiger partial charge on any atom is -0.261 e. The Morgan fingerprint density at radius 3 is 2.62 bits per heavy atom. The summed E-state index contributed by atoms with van der Waals surface area (Å²) in [6.07, 6.45) is 5.64. The molecule has 0 aromatic carbocycles. The van der Waals surface area contributed by atoms with Crippen LogP contribution in [0.2, 0.25) is 0 Å². The Hall–Kier alpha value is -1.18. The Bertz CT molecular complexity index is 314. The van der Waals surface area contributed by atoms with Crippen molar-refractivity contribution < 1.29 is 0 Å². The first kappa shape index (κ1) is 9.90. The molecule has 13 heavy (non-hydrogen) atoms. The molecule has 0 N–H and O–H groups in total. The van der Waals surface area contributed by atoms with E-state index in [9.17, 15) is 0 Å². The summed E-state index contributed by atoms with van der Waals surface area (Å²) in [5.41, 5.74) is 3.25. The van der Waals surface area contributed by atoms with Crippen LogP contribution < -0.4 is 0 Å². The second-order valence-corrected chi connectivity index (χ2v) is 3.63. The molecule has 1 heterocycles. The average molecular weight is 176 g/mol. The predicted octanol–water partition coefficient (Wildman–Crippen LogP) is 2.84. The van der Waals surface area contributed by atoms with Crippen LogP contribution >= 0.6 is 0 Å². The van der Waals surface area contributed by atoms with E-state index in [1.165, 1.54) is 5.57 Å². The molecule has 1 aromatic rings. The van der Waals surface area contributed by atoms with Crippen LogP contribution in [0.3, 0.4) is 0 Å². The van der Waals surface area contributed by atoms with Crippen LogP contribution in [0.15, 0.2) is 18.0 Å². The molecule has 0 amide bonds. The van der Waals surface area contributed by atoms with Crippen molar-refractivity contribution in [3.05, 3.63) is 29.4 Å². The van der Waals surface area contributed by atoms with E-state index in [0.717, 1.165) is 11.4 Å². The predicted molar refractivity (Wildman–Crippen MR) is 55.3 cm³/mol. The second kappa shape index (κ2) is 4.17. The first-order valence-corrected chi connectivity index (χ1v) is 4.56. The van der Waals surface area contributed by atoms with Crippen molar-refractivity contribution in [1.29, 1.82) is 0 Å². The second-order valence-electron chi connectivity index (χ2n) is 3.63. The summed E-state index contributed by atoms with van der Waals surface area (Å²) in [6, 6.07) is 0. The molecule has 1 rings (SSSR count). The number of hydrogen-bond acceptors (Lipinski definition) is 2. The summed E-state index contributed by atoms with van der Waals surface area (Å²) in [4.78, 5) is 8.45. The summed E-state index contributed by atoms with van der Waals surface area (Å²) in [5.74, 6) is 0.572. The van der Waals surface area contributed by atoms with Crippen LogP contribution in [0.25, 0.3) is 6.08 Å². The third kappa shape index (κ3) is 2.98. The van der Waals surface area contributed by atoms with E-state index >= 15 is 0 Å². The maximum atomic E-state index is 4.36. The highest BCUT2D eigenvalue weighted by Gasteiger charge is 1.97. The lowest BCUT2D eigenvalue weighted by Crippen LogP contribution is -1.92. The normalized spacial score (nSPS) is 12.2. The quantitative estimate of drug-likeness (QED) is 0.692. The van der Waals surface area contributed by atoms with Gasteiger partial charge in [0.25, 0.3) is 0 Å². The highest BCUT2D eigenvalue weighted by molar-refractivity contribution is 5.47. The van der Waals surface area contributed by atoms with Gasteiger partial charge >= 0.3 is 0 Å². The summed E-state index contributed by atoms with van der Waals surface area (Å²) >= 11 is 0. The molecule has 0 aliphatic carbocycles. The lowest BCUT2D eigenvalue weighted by atomic mass is 10.0. The standard InChI is InChI=1S/C11H16N2/c1-8(2)9(3)5-11-7-12-6-10(4)13-11/h5-8H,1-4H3/b9-5+. The van der Waals surface area contributed by atoms with Crippen LogP contribution in [-0.4, -0.2) is 9.97 Å². The Kier molecular flexibility index (Phi) is 3.18. The van der Waals surface area contributed by atoms with Crippen molar-refractivity contribution in [1.82, 2.24) is 9.97 Å². The average Bonchev–Trinajstić information content (AvgIpc) is 2.04. The van der Waals surface area contributed by atoms with Crippen molar-refractivity contribution in [2.75, 3.05) is 0 Å². The van der Waals surface area contributed by atoms with Gasteiger partial charge in [-0.2, -0.15) is 0 Å². The maximum Gasteiger partial charge on any atom is 0.0815 e. The van der Waals surface area contributed by atoms with Gasteiger partial charge in [0.05, 0.1) is 17.6 Å². The molecule has 0 bridgehead atoms. The number of rotatable bonds is 2. The minimum absolute atomic E-state index is 0.572. The van der Waals surface area contributed by atoms with Gasteiger partial charge in [0.15, 0.2) is 0 Å². The Morgan fingerprint density at radius 1 is 1.38 bits per heavy atom. The highest BCUT2D eigenvalue weighted by atomic mass is 14.8. The van der Waals surface area contributed by atoms with Gasteiger partial charge in [-0.25, -0.2) is 0 Å². The molecule has 1 aromatic heterocycles. The molecular formula is C11H16N2. The molecule has 2 nitrogen and oxygen atoms in total. The fourth-order valence-electron chi connectivity index (χ4n) is 0.952. The fourth-order valence-corrected chi connectivity index (χ4v) is 0.952. The maximum absolute atomic E-state index is 4.36.